The molecule has 1 saturated heterocycles. The molecule has 2 unspecified atom stereocenters. The summed E-state index contributed by atoms with van der Waals surface area (Å²) < 4.78 is 0. The monoisotopic (exact) mass is 212 g/mol. The molecule has 15 heavy (non-hydrogen) atoms. The van der Waals surface area contributed by atoms with Gasteiger partial charge in [0.25, 0.3) is 0 Å². The molecule has 0 spiro atoms. The second-order valence-electron chi connectivity index (χ2n) is 5.68. The van der Waals surface area contributed by atoms with Gasteiger partial charge in [0.2, 0.25) is 0 Å². The van der Waals surface area contributed by atoms with Crippen LogP contribution in [0.15, 0.2) is 0 Å². The number of carbonyl (C=O) groups is 1. The van der Waals surface area contributed by atoms with E-state index in [1.54, 1.807) is 0 Å². The van der Waals surface area contributed by atoms with Gasteiger partial charge in [0.05, 0.1) is 0 Å². The number of ketones is 1. The smallest absolute Gasteiger partial charge is 0.138 e. The van der Waals surface area contributed by atoms with Crippen LogP contribution < -0.4 is 0 Å². The zero-order valence-electron chi connectivity index (χ0n) is 9.84. The van der Waals surface area contributed by atoms with Gasteiger partial charge in [-0.15, -0.1) is 0 Å². The molecule has 0 radical (unpaired) electrons. The van der Waals surface area contributed by atoms with Gasteiger partial charge in [0.1, 0.15) is 17.0 Å². The minimum absolute atomic E-state index is 0.0352. The highest BCUT2D eigenvalue weighted by Crippen LogP contribution is 2.44. The maximum Gasteiger partial charge on any atom is 0.138 e. The Morgan fingerprint density at radius 1 is 1.20 bits per heavy atom. The number of carbonyl (C=O) groups excluding carboxylic acids is 1. The molecule has 1 aliphatic carbocycles. The van der Waals surface area contributed by atoms with Crippen LogP contribution in [0.2, 0.25) is 0 Å². The first-order valence-electron chi connectivity index (χ1n) is 5.83. The standard InChI is InChI=1S/C12H20O3/c1-11(2)8-12(3,15-14-11)9-6-4-5-7-10(9)13/h9H,4-8H2,1-3H3. The molecule has 1 saturated carbocycles. The van der Waals surface area contributed by atoms with Crippen molar-refractivity contribution in [2.45, 2.75) is 64.1 Å². The summed E-state index contributed by atoms with van der Waals surface area (Å²) >= 11 is 0. The first-order chi connectivity index (χ1) is 6.93. The lowest BCUT2D eigenvalue weighted by molar-refractivity contribution is -0.347. The Morgan fingerprint density at radius 3 is 2.47 bits per heavy atom. The average Bonchev–Trinajstić information content (AvgIpc) is 2.42. The Bertz CT molecular complexity index is 272. The summed E-state index contributed by atoms with van der Waals surface area (Å²) in [5.41, 5.74) is -0.659. The number of hydrogen-bond acceptors (Lipinski definition) is 3. The van der Waals surface area contributed by atoms with E-state index in [1.807, 2.05) is 20.8 Å². The molecule has 2 atom stereocenters. The van der Waals surface area contributed by atoms with Gasteiger partial charge in [0.15, 0.2) is 0 Å². The highest BCUT2D eigenvalue weighted by molar-refractivity contribution is 5.82. The topological polar surface area (TPSA) is 35.5 Å². The largest absolute Gasteiger partial charge is 0.299 e. The van der Waals surface area contributed by atoms with Gasteiger partial charge in [-0.25, -0.2) is 9.78 Å². The van der Waals surface area contributed by atoms with E-state index in [0.717, 1.165) is 25.7 Å². The van der Waals surface area contributed by atoms with E-state index in [-0.39, 0.29) is 11.5 Å². The number of Topliss-reactive ketones (excluding diaryl/α,β-unsaturated/α-hetero) is 1. The Hall–Kier alpha value is -0.410. The van der Waals surface area contributed by atoms with Crippen LogP contribution >= 0.6 is 0 Å². The van der Waals surface area contributed by atoms with Crippen LogP contribution in [-0.4, -0.2) is 17.0 Å². The highest BCUT2D eigenvalue weighted by Gasteiger charge is 2.50. The molecule has 0 bridgehead atoms. The predicted octanol–water partition coefficient (Wildman–Crippen LogP) is 2.63. The molecule has 0 amide bonds. The fraction of sp³-hybridized carbons (Fsp3) is 0.917. The van der Waals surface area contributed by atoms with Crippen molar-refractivity contribution >= 4 is 5.78 Å². The van der Waals surface area contributed by atoms with Crippen LogP contribution in [0.1, 0.15) is 52.9 Å². The summed E-state index contributed by atoms with van der Waals surface area (Å²) in [4.78, 5) is 22.6. The molecule has 0 aromatic heterocycles. The molecule has 0 aromatic rings. The second kappa shape index (κ2) is 3.56. The fourth-order valence-corrected chi connectivity index (χ4v) is 2.92. The first-order valence-corrected chi connectivity index (χ1v) is 5.83. The third-order valence-corrected chi connectivity index (χ3v) is 3.53. The maximum atomic E-state index is 11.9. The van der Waals surface area contributed by atoms with Crippen molar-refractivity contribution in [3.63, 3.8) is 0 Å². The van der Waals surface area contributed by atoms with Crippen LogP contribution in [0.25, 0.3) is 0 Å². The molecule has 1 heterocycles. The van der Waals surface area contributed by atoms with Gasteiger partial charge in [-0.3, -0.25) is 4.79 Å². The van der Waals surface area contributed by atoms with Crippen molar-refractivity contribution in [3.05, 3.63) is 0 Å². The van der Waals surface area contributed by atoms with Crippen molar-refractivity contribution in [2.24, 2.45) is 5.92 Å². The molecule has 2 fully saturated rings. The molecule has 2 rings (SSSR count). The summed E-state index contributed by atoms with van der Waals surface area (Å²) in [5.74, 6) is 0.387. The molecule has 1 aliphatic heterocycles. The van der Waals surface area contributed by atoms with E-state index in [1.165, 1.54) is 0 Å². The van der Waals surface area contributed by atoms with Crippen molar-refractivity contribution in [3.8, 4) is 0 Å². The van der Waals surface area contributed by atoms with E-state index in [9.17, 15) is 4.79 Å². The van der Waals surface area contributed by atoms with E-state index in [4.69, 9.17) is 9.78 Å². The summed E-state index contributed by atoms with van der Waals surface area (Å²) in [5, 5.41) is 0. The van der Waals surface area contributed by atoms with Gasteiger partial charge in [-0.1, -0.05) is 6.42 Å². The average molecular weight is 212 g/mol. The molecule has 3 nitrogen and oxygen atoms in total. The first kappa shape index (κ1) is 11.1. The summed E-state index contributed by atoms with van der Waals surface area (Å²) in [6, 6.07) is 0. The summed E-state index contributed by atoms with van der Waals surface area (Å²) in [7, 11) is 0. The highest BCUT2D eigenvalue weighted by atomic mass is 17.2. The molecule has 2 aliphatic rings. The Labute approximate surface area is 91.1 Å². The van der Waals surface area contributed by atoms with Gasteiger partial charge in [-0.05, 0) is 33.6 Å². The quantitative estimate of drug-likeness (QED) is 0.627. The second-order valence-corrected chi connectivity index (χ2v) is 5.68. The van der Waals surface area contributed by atoms with Crippen molar-refractivity contribution in [1.29, 1.82) is 0 Å². The number of hydrogen-bond donors (Lipinski definition) is 0. The van der Waals surface area contributed by atoms with Crippen LogP contribution in [0, 0.1) is 5.92 Å². The van der Waals surface area contributed by atoms with Gasteiger partial charge in [0, 0.05) is 18.8 Å². The lowest BCUT2D eigenvalue weighted by atomic mass is 9.73. The zero-order valence-corrected chi connectivity index (χ0v) is 9.84. The summed E-state index contributed by atoms with van der Waals surface area (Å²) in [6.07, 6.45) is 4.64. The number of rotatable bonds is 1. The van der Waals surface area contributed by atoms with Crippen molar-refractivity contribution in [1.82, 2.24) is 0 Å². The van der Waals surface area contributed by atoms with Gasteiger partial charge < -0.3 is 0 Å². The molecular formula is C12H20O3. The Kier molecular flexibility index (Phi) is 2.63. The normalized spacial score (nSPS) is 40.7. The third kappa shape index (κ3) is 2.08. The van der Waals surface area contributed by atoms with Gasteiger partial charge >= 0.3 is 0 Å². The van der Waals surface area contributed by atoms with E-state index in [2.05, 4.69) is 0 Å². The predicted molar refractivity (Wildman–Crippen MR) is 56.2 cm³/mol. The van der Waals surface area contributed by atoms with Crippen molar-refractivity contribution in [2.75, 3.05) is 0 Å². The van der Waals surface area contributed by atoms with Crippen LogP contribution in [-0.2, 0) is 14.6 Å². The SMILES string of the molecule is CC1(C)CC(C)(C2CCCCC2=O)OO1. The minimum Gasteiger partial charge on any atom is -0.299 e. The minimum atomic E-state index is -0.402. The molecular weight excluding hydrogens is 192 g/mol. The van der Waals surface area contributed by atoms with E-state index in [0.29, 0.717) is 12.2 Å². The lowest BCUT2D eigenvalue weighted by Crippen LogP contribution is -2.41. The van der Waals surface area contributed by atoms with E-state index >= 15 is 0 Å². The molecule has 3 heteroatoms. The molecule has 86 valence electrons. The molecule has 0 aromatic carbocycles. The maximum absolute atomic E-state index is 11.9. The zero-order chi connectivity index (χ0) is 11.1. The third-order valence-electron chi connectivity index (χ3n) is 3.53. The molecule has 0 N–H and O–H groups in total. The van der Waals surface area contributed by atoms with Crippen LogP contribution in [0.5, 0.6) is 0 Å². The van der Waals surface area contributed by atoms with Gasteiger partial charge in [-0.2, -0.15) is 0 Å². The lowest BCUT2D eigenvalue weighted by Gasteiger charge is -2.32. The Morgan fingerprint density at radius 2 is 1.93 bits per heavy atom. The van der Waals surface area contributed by atoms with Crippen LogP contribution in [0.3, 0.4) is 0 Å². The Balaban J connectivity index is 2.12. The van der Waals surface area contributed by atoms with Crippen LogP contribution in [0.4, 0.5) is 0 Å². The summed E-state index contributed by atoms with van der Waals surface area (Å²) in [6.45, 7) is 6.02. The van der Waals surface area contributed by atoms with E-state index < -0.39 is 5.60 Å². The van der Waals surface area contributed by atoms with Crippen molar-refractivity contribution < 1.29 is 14.6 Å². The fourth-order valence-electron chi connectivity index (χ4n) is 2.92.